The monoisotopic (exact) mass is 484 g/mol. The zero-order valence-corrected chi connectivity index (χ0v) is 19.8. The van der Waals surface area contributed by atoms with E-state index in [2.05, 4.69) is 76.5 Å². The molecule has 7 heteroatoms. The van der Waals surface area contributed by atoms with Crippen LogP contribution in [0.25, 0.3) is 17.1 Å². The second kappa shape index (κ2) is 8.55. The summed E-state index contributed by atoms with van der Waals surface area (Å²) in [5, 5.41) is 12.6. The van der Waals surface area contributed by atoms with E-state index in [1.807, 2.05) is 28.8 Å². The maximum absolute atomic E-state index is 12.2. The topological polar surface area (TPSA) is 59.8 Å². The van der Waals surface area contributed by atoms with Crippen molar-refractivity contribution in [3.05, 3.63) is 58.6 Å². The number of rotatable bonds is 6. The van der Waals surface area contributed by atoms with Crippen molar-refractivity contribution in [3.8, 4) is 17.1 Å². The largest absolute Gasteiger partial charge is 0.353 e. The van der Waals surface area contributed by atoms with Crippen LogP contribution in [0.3, 0.4) is 0 Å². The first-order valence-corrected chi connectivity index (χ1v) is 11.8. The molecule has 1 heterocycles. The molecule has 1 amide bonds. The summed E-state index contributed by atoms with van der Waals surface area (Å²) >= 11 is 4.91. The van der Waals surface area contributed by atoms with E-state index < -0.39 is 0 Å². The number of benzene rings is 2. The average molecular weight is 485 g/mol. The van der Waals surface area contributed by atoms with Gasteiger partial charge in [-0.15, -0.1) is 10.2 Å². The number of halogens is 1. The Kier molecular flexibility index (Phi) is 6.02. The third-order valence-electron chi connectivity index (χ3n) is 5.00. The Morgan fingerprint density at radius 1 is 1.10 bits per heavy atom. The second-order valence-corrected chi connectivity index (χ2v) is 10.4. The minimum Gasteiger partial charge on any atom is -0.353 e. The molecule has 0 saturated heterocycles. The molecular formula is C23H25BrN4OS. The van der Waals surface area contributed by atoms with Gasteiger partial charge in [0.15, 0.2) is 11.0 Å². The van der Waals surface area contributed by atoms with E-state index in [0.717, 1.165) is 34.4 Å². The molecule has 1 saturated carbocycles. The number of hydrogen-bond donors (Lipinski definition) is 1. The van der Waals surface area contributed by atoms with E-state index >= 15 is 0 Å². The van der Waals surface area contributed by atoms with Crippen molar-refractivity contribution >= 4 is 33.6 Å². The van der Waals surface area contributed by atoms with E-state index in [0.29, 0.717) is 17.0 Å². The Hall–Kier alpha value is -2.12. The Bertz CT molecular complexity index is 1030. The first kappa shape index (κ1) is 21.1. The SMILES string of the molecule is CC(C)(C)c1ccc(-c2nnc(SCC(=O)NC3CC3)n2-c2ccc(Br)cc2)cc1. The van der Waals surface area contributed by atoms with E-state index in [9.17, 15) is 4.79 Å². The minimum atomic E-state index is 0.0453. The van der Waals surface area contributed by atoms with Crippen LogP contribution in [0.2, 0.25) is 0 Å². The molecular weight excluding hydrogens is 460 g/mol. The van der Waals surface area contributed by atoms with Gasteiger partial charge in [0.05, 0.1) is 5.75 Å². The van der Waals surface area contributed by atoms with Crippen LogP contribution in [0.1, 0.15) is 39.2 Å². The molecule has 30 heavy (non-hydrogen) atoms. The normalized spacial score (nSPS) is 14.0. The fraction of sp³-hybridized carbons (Fsp3) is 0.348. The fourth-order valence-electron chi connectivity index (χ4n) is 3.12. The molecule has 1 aromatic heterocycles. The summed E-state index contributed by atoms with van der Waals surface area (Å²) in [4.78, 5) is 12.2. The number of thioether (sulfide) groups is 1. The lowest BCUT2D eigenvalue weighted by molar-refractivity contribution is -0.118. The molecule has 1 aliphatic carbocycles. The number of nitrogens with one attached hydrogen (secondary N) is 1. The Balaban J connectivity index is 1.66. The summed E-state index contributed by atoms with van der Waals surface area (Å²) in [6.07, 6.45) is 2.17. The van der Waals surface area contributed by atoms with Crippen molar-refractivity contribution < 1.29 is 4.79 Å². The molecule has 0 aliphatic heterocycles. The number of carbonyl (C=O) groups is 1. The highest BCUT2D eigenvalue weighted by atomic mass is 79.9. The molecule has 0 bridgehead atoms. The van der Waals surface area contributed by atoms with Crippen LogP contribution in [0.5, 0.6) is 0 Å². The van der Waals surface area contributed by atoms with Crippen LogP contribution in [-0.2, 0) is 10.2 Å². The van der Waals surface area contributed by atoms with Crippen LogP contribution in [0, 0.1) is 0 Å². The lowest BCUT2D eigenvalue weighted by Gasteiger charge is -2.19. The predicted molar refractivity (Wildman–Crippen MR) is 125 cm³/mol. The third kappa shape index (κ3) is 4.95. The van der Waals surface area contributed by atoms with E-state index in [4.69, 9.17) is 0 Å². The number of carbonyl (C=O) groups excluding carboxylic acids is 1. The minimum absolute atomic E-state index is 0.0453. The Morgan fingerprint density at radius 3 is 2.37 bits per heavy atom. The molecule has 1 aliphatic rings. The quantitative estimate of drug-likeness (QED) is 0.478. The van der Waals surface area contributed by atoms with Crippen LogP contribution in [0.4, 0.5) is 0 Å². The van der Waals surface area contributed by atoms with Crippen LogP contribution in [-0.4, -0.2) is 32.5 Å². The van der Waals surface area contributed by atoms with Gasteiger partial charge in [0.25, 0.3) is 0 Å². The number of hydrogen-bond acceptors (Lipinski definition) is 4. The van der Waals surface area contributed by atoms with Gasteiger partial charge in [-0.05, 0) is 48.1 Å². The van der Waals surface area contributed by atoms with Crippen molar-refractivity contribution in [2.24, 2.45) is 0 Å². The van der Waals surface area contributed by atoms with Gasteiger partial charge in [-0.25, -0.2) is 0 Å². The number of nitrogens with zero attached hydrogens (tertiary/aromatic N) is 3. The Labute approximate surface area is 189 Å². The van der Waals surface area contributed by atoms with Crippen molar-refractivity contribution in [1.82, 2.24) is 20.1 Å². The molecule has 4 rings (SSSR count). The molecule has 0 unspecified atom stereocenters. The first-order chi connectivity index (χ1) is 14.3. The van der Waals surface area contributed by atoms with Gasteiger partial charge < -0.3 is 5.32 Å². The predicted octanol–water partition coefficient (Wildman–Crippen LogP) is 5.37. The van der Waals surface area contributed by atoms with Crippen LogP contribution < -0.4 is 5.32 Å². The van der Waals surface area contributed by atoms with Gasteiger partial charge in [-0.2, -0.15) is 0 Å². The van der Waals surface area contributed by atoms with Gasteiger partial charge >= 0.3 is 0 Å². The lowest BCUT2D eigenvalue weighted by atomic mass is 9.87. The molecule has 0 radical (unpaired) electrons. The molecule has 0 spiro atoms. The molecule has 3 aromatic rings. The molecule has 2 aromatic carbocycles. The fourth-order valence-corrected chi connectivity index (χ4v) is 4.15. The lowest BCUT2D eigenvalue weighted by Crippen LogP contribution is -2.27. The van der Waals surface area contributed by atoms with Crippen molar-refractivity contribution in [2.45, 2.75) is 50.2 Å². The highest BCUT2D eigenvalue weighted by Gasteiger charge is 2.24. The van der Waals surface area contributed by atoms with Gasteiger partial charge in [0.2, 0.25) is 5.91 Å². The first-order valence-electron chi connectivity index (χ1n) is 10.1. The van der Waals surface area contributed by atoms with Gasteiger partial charge in [0, 0.05) is 21.8 Å². The molecule has 1 N–H and O–H groups in total. The summed E-state index contributed by atoms with van der Waals surface area (Å²) in [6, 6.07) is 16.9. The van der Waals surface area contributed by atoms with Crippen molar-refractivity contribution in [3.63, 3.8) is 0 Å². The van der Waals surface area contributed by atoms with Crippen molar-refractivity contribution in [1.29, 1.82) is 0 Å². The molecule has 5 nitrogen and oxygen atoms in total. The standard InChI is InChI=1S/C23H25BrN4OS/c1-23(2,3)16-6-4-15(5-7-16)21-26-27-22(30-14-20(29)25-18-10-11-18)28(21)19-12-8-17(24)9-13-19/h4-9,12-13,18H,10-11,14H2,1-3H3,(H,25,29). The average Bonchev–Trinajstić information content (AvgIpc) is 3.42. The number of amides is 1. The van der Waals surface area contributed by atoms with E-state index in [1.165, 1.54) is 17.3 Å². The van der Waals surface area contributed by atoms with E-state index in [1.54, 1.807) is 0 Å². The summed E-state index contributed by atoms with van der Waals surface area (Å²) in [5.74, 6) is 1.14. The van der Waals surface area contributed by atoms with Crippen LogP contribution >= 0.6 is 27.7 Å². The third-order valence-corrected chi connectivity index (χ3v) is 6.46. The summed E-state index contributed by atoms with van der Waals surface area (Å²) in [5.41, 5.74) is 3.32. The zero-order valence-electron chi connectivity index (χ0n) is 17.4. The molecule has 156 valence electrons. The van der Waals surface area contributed by atoms with Gasteiger partial charge in [-0.1, -0.05) is 72.7 Å². The highest BCUT2D eigenvalue weighted by Crippen LogP contribution is 2.30. The smallest absolute Gasteiger partial charge is 0.230 e. The number of aromatic nitrogens is 3. The van der Waals surface area contributed by atoms with Crippen LogP contribution in [0.15, 0.2) is 58.2 Å². The summed E-state index contributed by atoms with van der Waals surface area (Å²) < 4.78 is 3.03. The molecule has 1 fully saturated rings. The highest BCUT2D eigenvalue weighted by molar-refractivity contribution is 9.10. The zero-order chi connectivity index (χ0) is 21.3. The Morgan fingerprint density at radius 2 is 1.77 bits per heavy atom. The maximum atomic E-state index is 12.2. The van der Waals surface area contributed by atoms with Gasteiger partial charge in [-0.3, -0.25) is 9.36 Å². The maximum Gasteiger partial charge on any atom is 0.230 e. The second-order valence-electron chi connectivity index (χ2n) is 8.58. The summed E-state index contributed by atoms with van der Waals surface area (Å²) in [6.45, 7) is 6.61. The van der Waals surface area contributed by atoms with E-state index in [-0.39, 0.29) is 11.3 Å². The summed E-state index contributed by atoms with van der Waals surface area (Å²) in [7, 11) is 0. The molecule has 0 atom stereocenters. The van der Waals surface area contributed by atoms with Gasteiger partial charge in [0.1, 0.15) is 0 Å². The van der Waals surface area contributed by atoms with Crippen molar-refractivity contribution in [2.75, 3.05) is 5.75 Å².